The molecule has 0 aliphatic heterocycles. The number of benzene rings is 1. The van der Waals surface area contributed by atoms with Gasteiger partial charge in [-0.1, -0.05) is 35.4 Å². The van der Waals surface area contributed by atoms with Gasteiger partial charge in [-0.3, -0.25) is 9.59 Å². The van der Waals surface area contributed by atoms with E-state index in [1.807, 2.05) is 6.08 Å². The fourth-order valence-electron chi connectivity index (χ4n) is 2.02. The average Bonchev–Trinajstić information content (AvgIpc) is 2.90. The van der Waals surface area contributed by atoms with Gasteiger partial charge in [-0.25, -0.2) is 0 Å². The Morgan fingerprint density at radius 1 is 1.24 bits per heavy atom. The molecule has 1 aliphatic rings. The van der Waals surface area contributed by atoms with Crippen LogP contribution in [-0.4, -0.2) is 29.6 Å². The molecular formula is C14H14Cl2N2O3. The van der Waals surface area contributed by atoms with Gasteiger partial charge in [-0.2, -0.15) is 0 Å². The lowest BCUT2D eigenvalue weighted by molar-refractivity contribution is -0.136. The summed E-state index contributed by atoms with van der Waals surface area (Å²) < 4.78 is 0. The van der Waals surface area contributed by atoms with Gasteiger partial charge in [0, 0.05) is 23.6 Å². The van der Waals surface area contributed by atoms with E-state index < -0.39 is 11.8 Å². The molecule has 2 rings (SSSR count). The largest absolute Gasteiger partial charge is 0.396 e. The van der Waals surface area contributed by atoms with Crippen molar-refractivity contribution >= 4 is 40.7 Å². The number of aliphatic hydroxyl groups is 1. The highest BCUT2D eigenvalue weighted by molar-refractivity contribution is 6.42. The van der Waals surface area contributed by atoms with Crippen molar-refractivity contribution in [3.05, 3.63) is 40.4 Å². The number of hydrogen-bond donors (Lipinski definition) is 3. The molecule has 112 valence electrons. The highest BCUT2D eigenvalue weighted by Crippen LogP contribution is 2.25. The number of rotatable bonds is 3. The predicted octanol–water partition coefficient (Wildman–Crippen LogP) is 1.99. The first-order valence-electron chi connectivity index (χ1n) is 6.35. The topological polar surface area (TPSA) is 78.4 Å². The third-order valence-electron chi connectivity index (χ3n) is 3.11. The highest BCUT2D eigenvalue weighted by Gasteiger charge is 2.23. The maximum Gasteiger partial charge on any atom is 0.313 e. The maximum atomic E-state index is 11.8. The summed E-state index contributed by atoms with van der Waals surface area (Å²) in [7, 11) is 0. The fraction of sp³-hybridized carbons (Fsp3) is 0.286. The number of amides is 2. The second-order valence-corrected chi connectivity index (χ2v) is 5.57. The van der Waals surface area contributed by atoms with Crippen molar-refractivity contribution in [2.24, 2.45) is 5.92 Å². The molecule has 1 aromatic carbocycles. The van der Waals surface area contributed by atoms with Crippen LogP contribution in [0, 0.1) is 5.92 Å². The van der Waals surface area contributed by atoms with Crippen LogP contribution < -0.4 is 10.6 Å². The first-order valence-corrected chi connectivity index (χ1v) is 7.11. The molecule has 3 N–H and O–H groups in total. The van der Waals surface area contributed by atoms with Crippen LogP contribution in [0.4, 0.5) is 5.69 Å². The third-order valence-corrected chi connectivity index (χ3v) is 3.67. The summed E-state index contributed by atoms with van der Waals surface area (Å²) in [5.41, 5.74) is 0.277. The number of aliphatic hydroxyl groups excluding tert-OH is 1. The summed E-state index contributed by atoms with van der Waals surface area (Å²) >= 11 is 11.7. The van der Waals surface area contributed by atoms with Gasteiger partial charge in [0.15, 0.2) is 0 Å². The molecule has 0 fully saturated rings. The van der Waals surface area contributed by atoms with Crippen LogP contribution in [0.3, 0.4) is 0 Å². The second-order valence-electron chi connectivity index (χ2n) is 4.72. The second kappa shape index (κ2) is 6.93. The van der Waals surface area contributed by atoms with Crippen molar-refractivity contribution in [2.45, 2.75) is 12.5 Å². The Hall–Kier alpha value is -1.56. The lowest BCUT2D eigenvalue weighted by Crippen LogP contribution is -2.40. The smallest absolute Gasteiger partial charge is 0.313 e. The summed E-state index contributed by atoms with van der Waals surface area (Å²) in [6.45, 7) is 0.0210. The first-order chi connectivity index (χ1) is 9.99. The van der Waals surface area contributed by atoms with Crippen molar-refractivity contribution in [1.29, 1.82) is 0 Å². The van der Waals surface area contributed by atoms with Crippen molar-refractivity contribution < 1.29 is 14.7 Å². The van der Waals surface area contributed by atoms with Crippen LogP contribution in [0.5, 0.6) is 0 Å². The molecule has 0 spiro atoms. The van der Waals surface area contributed by atoms with Gasteiger partial charge in [0.25, 0.3) is 0 Å². The summed E-state index contributed by atoms with van der Waals surface area (Å²) in [6.07, 6.45) is 4.16. The van der Waals surface area contributed by atoms with Gasteiger partial charge in [0.2, 0.25) is 0 Å². The SMILES string of the molecule is O=C(Nc1cc(Cl)ccc1Cl)C(=O)N[C@@H]1C=C[C@H](CO)C1. The van der Waals surface area contributed by atoms with Crippen LogP contribution in [0.1, 0.15) is 6.42 Å². The van der Waals surface area contributed by atoms with Gasteiger partial charge in [-0.15, -0.1) is 0 Å². The monoisotopic (exact) mass is 328 g/mol. The van der Waals surface area contributed by atoms with E-state index in [0.29, 0.717) is 16.5 Å². The lowest BCUT2D eigenvalue weighted by Gasteiger charge is -2.13. The van der Waals surface area contributed by atoms with E-state index in [-0.39, 0.29) is 24.3 Å². The Morgan fingerprint density at radius 3 is 2.67 bits per heavy atom. The number of hydrogen-bond acceptors (Lipinski definition) is 3. The van der Waals surface area contributed by atoms with Crippen LogP contribution in [0.2, 0.25) is 10.0 Å². The van der Waals surface area contributed by atoms with E-state index in [4.69, 9.17) is 28.3 Å². The summed E-state index contributed by atoms with van der Waals surface area (Å²) in [5, 5.41) is 14.7. The molecule has 0 bridgehead atoms. The molecule has 0 saturated heterocycles. The summed E-state index contributed by atoms with van der Waals surface area (Å²) in [5.74, 6) is -1.57. The highest BCUT2D eigenvalue weighted by atomic mass is 35.5. The maximum absolute atomic E-state index is 11.8. The molecule has 2 atom stereocenters. The number of carbonyl (C=O) groups excluding carboxylic acids is 2. The molecule has 21 heavy (non-hydrogen) atoms. The average molecular weight is 329 g/mol. The van der Waals surface area contributed by atoms with Crippen LogP contribution in [0.15, 0.2) is 30.4 Å². The Bertz CT molecular complexity index is 590. The van der Waals surface area contributed by atoms with E-state index in [1.54, 1.807) is 12.1 Å². The van der Waals surface area contributed by atoms with Crippen molar-refractivity contribution in [1.82, 2.24) is 5.32 Å². The molecule has 1 aromatic rings. The van der Waals surface area contributed by atoms with Crippen LogP contribution in [-0.2, 0) is 9.59 Å². The van der Waals surface area contributed by atoms with Gasteiger partial charge in [-0.05, 0) is 24.6 Å². The number of nitrogens with one attached hydrogen (secondary N) is 2. The number of anilines is 1. The van der Waals surface area contributed by atoms with Crippen molar-refractivity contribution in [2.75, 3.05) is 11.9 Å². The Morgan fingerprint density at radius 2 is 2.00 bits per heavy atom. The van der Waals surface area contributed by atoms with Gasteiger partial charge in [0.05, 0.1) is 10.7 Å². The molecule has 5 nitrogen and oxygen atoms in total. The molecule has 0 saturated carbocycles. The molecule has 0 heterocycles. The minimum absolute atomic E-state index is 0.0146. The molecule has 1 aliphatic carbocycles. The molecule has 7 heteroatoms. The Balaban J connectivity index is 1.93. The zero-order valence-corrected chi connectivity index (χ0v) is 12.5. The molecule has 0 aromatic heterocycles. The van der Waals surface area contributed by atoms with Crippen molar-refractivity contribution in [3.63, 3.8) is 0 Å². The lowest BCUT2D eigenvalue weighted by atomic mass is 10.1. The number of halogens is 2. The van der Waals surface area contributed by atoms with Gasteiger partial charge >= 0.3 is 11.8 Å². The molecule has 0 radical (unpaired) electrons. The Kier molecular flexibility index (Phi) is 5.22. The quantitative estimate of drug-likeness (QED) is 0.586. The van der Waals surface area contributed by atoms with E-state index in [0.717, 1.165) is 0 Å². The van der Waals surface area contributed by atoms with Gasteiger partial charge in [0.1, 0.15) is 0 Å². The third kappa shape index (κ3) is 4.20. The number of carbonyl (C=O) groups is 2. The normalized spacial score (nSPS) is 20.3. The molecule has 0 unspecified atom stereocenters. The van der Waals surface area contributed by atoms with E-state index in [9.17, 15) is 9.59 Å². The fourth-order valence-corrected chi connectivity index (χ4v) is 2.36. The minimum Gasteiger partial charge on any atom is -0.396 e. The predicted molar refractivity (Wildman–Crippen MR) is 81.4 cm³/mol. The van der Waals surface area contributed by atoms with E-state index >= 15 is 0 Å². The molecular weight excluding hydrogens is 315 g/mol. The van der Waals surface area contributed by atoms with Gasteiger partial charge < -0.3 is 15.7 Å². The zero-order chi connectivity index (χ0) is 15.4. The summed E-state index contributed by atoms with van der Waals surface area (Å²) in [4.78, 5) is 23.6. The first kappa shape index (κ1) is 15.8. The van der Waals surface area contributed by atoms with Crippen LogP contribution in [0.25, 0.3) is 0 Å². The standard InChI is InChI=1S/C14H14Cl2N2O3/c15-9-2-4-11(16)12(6-9)18-14(21)13(20)17-10-3-1-8(5-10)7-19/h1-4,6,8,10,19H,5,7H2,(H,17,20)(H,18,21)/t8-,10+/m0/s1. The summed E-state index contributed by atoms with van der Waals surface area (Å²) in [6, 6.07) is 4.32. The van der Waals surface area contributed by atoms with Crippen molar-refractivity contribution in [3.8, 4) is 0 Å². The van der Waals surface area contributed by atoms with E-state index in [2.05, 4.69) is 10.6 Å². The van der Waals surface area contributed by atoms with E-state index in [1.165, 1.54) is 12.1 Å². The minimum atomic E-state index is -0.819. The molecule has 2 amide bonds. The zero-order valence-electron chi connectivity index (χ0n) is 11.0. The Labute approximate surface area is 131 Å². The van der Waals surface area contributed by atoms with Crippen LogP contribution >= 0.6 is 23.2 Å².